The van der Waals surface area contributed by atoms with Crippen LogP contribution in [0.3, 0.4) is 0 Å². The number of ether oxygens (including phenoxy) is 4. The van der Waals surface area contributed by atoms with Gasteiger partial charge < -0.3 is 18.9 Å². The zero-order chi connectivity index (χ0) is 16.8. The van der Waals surface area contributed by atoms with Gasteiger partial charge in [-0.2, -0.15) is 0 Å². The monoisotopic (exact) mass is 320 g/mol. The highest BCUT2D eigenvalue weighted by Crippen LogP contribution is 2.34. The standard InChI is InChI=1S/C17H20O6/c1-4-21-17-15(22-11(2)18)13(12-8-6-5-7-9-12)10-14(23-17)16(19)20-3/h5-10,13,15,17H,4H2,1-3H3/t13-,15+,17-/m1/s1. The fraction of sp³-hybridized carbons (Fsp3) is 0.412. The van der Waals surface area contributed by atoms with Gasteiger partial charge in [0.15, 0.2) is 6.10 Å². The predicted octanol–water partition coefficient (Wildman–Crippen LogP) is 2.15. The van der Waals surface area contributed by atoms with Crippen molar-refractivity contribution in [2.75, 3.05) is 13.7 Å². The molecule has 0 aliphatic carbocycles. The quantitative estimate of drug-likeness (QED) is 0.774. The summed E-state index contributed by atoms with van der Waals surface area (Å²) in [7, 11) is 1.28. The minimum Gasteiger partial charge on any atom is -0.463 e. The molecule has 0 bridgehead atoms. The summed E-state index contributed by atoms with van der Waals surface area (Å²) in [6.07, 6.45) is 0.0288. The van der Waals surface area contributed by atoms with E-state index in [0.717, 1.165) is 5.56 Å². The third-order valence-electron chi connectivity index (χ3n) is 3.40. The van der Waals surface area contributed by atoms with Gasteiger partial charge in [0.25, 0.3) is 0 Å². The number of carbonyl (C=O) groups is 2. The van der Waals surface area contributed by atoms with Gasteiger partial charge in [0.05, 0.1) is 7.11 Å². The number of hydrogen-bond acceptors (Lipinski definition) is 6. The summed E-state index contributed by atoms with van der Waals surface area (Å²) < 4.78 is 21.2. The van der Waals surface area contributed by atoms with Crippen LogP contribution in [0.15, 0.2) is 42.2 Å². The molecule has 23 heavy (non-hydrogen) atoms. The molecule has 1 aromatic rings. The summed E-state index contributed by atoms with van der Waals surface area (Å²) in [5, 5.41) is 0. The summed E-state index contributed by atoms with van der Waals surface area (Å²) >= 11 is 0. The van der Waals surface area contributed by atoms with E-state index in [9.17, 15) is 9.59 Å². The second-order valence-corrected chi connectivity index (χ2v) is 4.97. The molecule has 1 aliphatic heterocycles. The van der Waals surface area contributed by atoms with Gasteiger partial charge in [-0.1, -0.05) is 30.3 Å². The molecule has 0 unspecified atom stereocenters. The number of rotatable bonds is 5. The Morgan fingerprint density at radius 3 is 2.48 bits per heavy atom. The lowest BCUT2D eigenvalue weighted by molar-refractivity contribution is -0.206. The number of hydrogen-bond donors (Lipinski definition) is 0. The summed E-state index contributed by atoms with van der Waals surface area (Å²) in [5.74, 6) is -1.38. The first-order valence-corrected chi connectivity index (χ1v) is 7.37. The third-order valence-corrected chi connectivity index (χ3v) is 3.40. The topological polar surface area (TPSA) is 71.1 Å². The molecule has 3 atom stereocenters. The van der Waals surface area contributed by atoms with Gasteiger partial charge in [-0.25, -0.2) is 4.79 Å². The van der Waals surface area contributed by atoms with Crippen LogP contribution in [0.4, 0.5) is 0 Å². The highest BCUT2D eigenvalue weighted by molar-refractivity contribution is 5.86. The third kappa shape index (κ3) is 4.10. The molecule has 0 amide bonds. The lowest BCUT2D eigenvalue weighted by Gasteiger charge is -2.35. The maximum Gasteiger partial charge on any atom is 0.373 e. The number of carbonyl (C=O) groups excluding carboxylic acids is 2. The Hall–Kier alpha value is -2.34. The molecule has 6 nitrogen and oxygen atoms in total. The SMILES string of the molecule is CCO[C@@H]1OC(C(=O)OC)=C[C@H](c2ccccc2)[C@@H]1OC(C)=O. The lowest BCUT2D eigenvalue weighted by Crippen LogP contribution is -2.43. The van der Waals surface area contributed by atoms with Crippen molar-refractivity contribution in [2.45, 2.75) is 32.2 Å². The van der Waals surface area contributed by atoms with Crippen LogP contribution in [0.2, 0.25) is 0 Å². The van der Waals surface area contributed by atoms with E-state index < -0.39 is 24.3 Å². The number of benzene rings is 1. The van der Waals surface area contributed by atoms with Crippen molar-refractivity contribution in [3.63, 3.8) is 0 Å². The first-order chi connectivity index (χ1) is 11.1. The first kappa shape index (κ1) is 17.0. The molecule has 0 saturated heterocycles. The van der Waals surface area contributed by atoms with Crippen molar-refractivity contribution in [1.29, 1.82) is 0 Å². The Morgan fingerprint density at radius 1 is 1.22 bits per heavy atom. The van der Waals surface area contributed by atoms with E-state index >= 15 is 0 Å². The smallest absolute Gasteiger partial charge is 0.373 e. The van der Waals surface area contributed by atoms with E-state index in [1.54, 1.807) is 13.0 Å². The maximum atomic E-state index is 11.8. The van der Waals surface area contributed by atoms with Crippen molar-refractivity contribution in [1.82, 2.24) is 0 Å². The van der Waals surface area contributed by atoms with Crippen LogP contribution >= 0.6 is 0 Å². The van der Waals surface area contributed by atoms with Crippen LogP contribution in [0.25, 0.3) is 0 Å². The molecule has 0 aromatic heterocycles. The van der Waals surface area contributed by atoms with E-state index in [2.05, 4.69) is 0 Å². The highest BCUT2D eigenvalue weighted by Gasteiger charge is 2.40. The average Bonchev–Trinajstić information content (AvgIpc) is 2.56. The van der Waals surface area contributed by atoms with Crippen LogP contribution in [-0.2, 0) is 28.5 Å². The number of methoxy groups -OCH3 is 1. The van der Waals surface area contributed by atoms with E-state index in [1.807, 2.05) is 30.3 Å². The Kier molecular flexibility index (Phi) is 5.76. The molecule has 0 saturated carbocycles. The second kappa shape index (κ2) is 7.78. The van der Waals surface area contributed by atoms with Gasteiger partial charge >= 0.3 is 11.9 Å². The van der Waals surface area contributed by atoms with E-state index in [4.69, 9.17) is 18.9 Å². The van der Waals surface area contributed by atoms with Crippen molar-refractivity contribution in [3.8, 4) is 0 Å². The summed E-state index contributed by atoms with van der Waals surface area (Å²) in [6, 6.07) is 9.41. The summed E-state index contributed by atoms with van der Waals surface area (Å²) in [5.41, 5.74) is 0.883. The average molecular weight is 320 g/mol. The minimum atomic E-state index is -0.881. The molecule has 1 aliphatic rings. The van der Waals surface area contributed by atoms with Crippen LogP contribution in [0.1, 0.15) is 25.3 Å². The Bertz CT molecular complexity index is 580. The molecule has 1 heterocycles. The van der Waals surface area contributed by atoms with Crippen molar-refractivity contribution < 1.29 is 28.5 Å². The molecule has 1 aromatic carbocycles. The fourth-order valence-corrected chi connectivity index (χ4v) is 2.45. The van der Waals surface area contributed by atoms with Gasteiger partial charge in [0.1, 0.15) is 0 Å². The van der Waals surface area contributed by atoms with Crippen molar-refractivity contribution >= 4 is 11.9 Å². The Balaban J connectivity index is 2.43. The molecule has 124 valence electrons. The van der Waals surface area contributed by atoms with Crippen LogP contribution in [-0.4, -0.2) is 38.0 Å². The predicted molar refractivity (Wildman–Crippen MR) is 81.3 cm³/mol. The zero-order valence-corrected chi connectivity index (χ0v) is 13.4. The molecule has 2 rings (SSSR count). The molecule has 0 radical (unpaired) electrons. The van der Waals surface area contributed by atoms with Crippen LogP contribution in [0.5, 0.6) is 0 Å². The van der Waals surface area contributed by atoms with Crippen LogP contribution < -0.4 is 0 Å². The Labute approximate surface area is 135 Å². The van der Waals surface area contributed by atoms with E-state index in [1.165, 1.54) is 14.0 Å². The Morgan fingerprint density at radius 2 is 1.91 bits per heavy atom. The summed E-state index contributed by atoms with van der Waals surface area (Å²) in [6.45, 7) is 3.46. The molecule has 0 spiro atoms. The van der Waals surface area contributed by atoms with Gasteiger partial charge in [-0.15, -0.1) is 0 Å². The van der Waals surface area contributed by atoms with Crippen molar-refractivity contribution in [2.24, 2.45) is 0 Å². The molecule has 6 heteroatoms. The lowest BCUT2D eigenvalue weighted by atomic mass is 9.90. The second-order valence-electron chi connectivity index (χ2n) is 4.97. The maximum absolute atomic E-state index is 11.8. The van der Waals surface area contributed by atoms with Crippen molar-refractivity contribution in [3.05, 3.63) is 47.7 Å². The summed E-state index contributed by atoms with van der Waals surface area (Å²) in [4.78, 5) is 23.3. The minimum absolute atomic E-state index is 0.0446. The van der Waals surface area contributed by atoms with Gasteiger partial charge in [-0.3, -0.25) is 4.79 Å². The molecule has 0 N–H and O–H groups in total. The van der Waals surface area contributed by atoms with E-state index in [-0.39, 0.29) is 11.7 Å². The normalized spacial score (nSPS) is 23.4. The van der Waals surface area contributed by atoms with Gasteiger partial charge in [0, 0.05) is 19.4 Å². The first-order valence-electron chi connectivity index (χ1n) is 7.37. The molecule has 0 fully saturated rings. The molecular formula is C17H20O6. The van der Waals surface area contributed by atoms with E-state index in [0.29, 0.717) is 6.61 Å². The highest BCUT2D eigenvalue weighted by atomic mass is 16.7. The largest absolute Gasteiger partial charge is 0.463 e. The molecular weight excluding hydrogens is 300 g/mol. The van der Waals surface area contributed by atoms with Gasteiger partial charge in [0.2, 0.25) is 12.0 Å². The van der Waals surface area contributed by atoms with Gasteiger partial charge in [-0.05, 0) is 18.6 Å². The number of esters is 2. The zero-order valence-electron chi connectivity index (χ0n) is 13.4. The van der Waals surface area contributed by atoms with Crippen LogP contribution in [0, 0.1) is 0 Å². The fourth-order valence-electron chi connectivity index (χ4n) is 2.45.